The first kappa shape index (κ1) is 17.2. The number of anilines is 1. The maximum absolute atomic E-state index is 12.2. The van der Waals surface area contributed by atoms with Crippen LogP contribution < -0.4 is 4.90 Å². The van der Waals surface area contributed by atoms with Gasteiger partial charge in [0.15, 0.2) is 0 Å². The van der Waals surface area contributed by atoms with Crippen LogP contribution in [0.1, 0.15) is 19.3 Å². The number of carbonyl (C=O) groups is 1. The van der Waals surface area contributed by atoms with Crippen LogP contribution >= 0.6 is 0 Å². The predicted octanol–water partition coefficient (Wildman–Crippen LogP) is 1.84. The van der Waals surface area contributed by atoms with Gasteiger partial charge in [0.25, 0.3) is 0 Å². The van der Waals surface area contributed by atoms with E-state index in [1.54, 1.807) is 0 Å². The molecule has 0 aromatic heterocycles. The van der Waals surface area contributed by atoms with Gasteiger partial charge < -0.3 is 14.5 Å². The summed E-state index contributed by atoms with van der Waals surface area (Å²) in [5, 5.41) is 0. The fourth-order valence-electron chi connectivity index (χ4n) is 3.44. The zero-order chi connectivity index (χ0) is 16.8. The van der Waals surface area contributed by atoms with Gasteiger partial charge in [-0.3, -0.25) is 9.69 Å². The number of ether oxygens (including phenoxy) is 1. The lowest BCUT2D eigenvalue weighted by atomic mass is 10.1. The Labute approximate surface area is 145 Å². The lowest BCUT2D eigenvalue weighted by Crippen LogP contribution is -2.48. The molecule has 1 aromatic rings. The molecule has 132 valence electrons. The second-order valence-electron chi connectivity index (χ2n) is 6.82. The molecule has 2 saturated heterocycles. The normalized spacial score (nSPS) is 21.9. The molecule has 0 unspecified atom stereocenters. The van der Waals surface area contributed by atoms with E-state index < -0.39 is 0 Å². The number of hydrogen-bond acceptors (Lipinski definition) is 4. The zero-order valence-electron chi connectivity index (χ0n) is 14.7. The Morgan fingerprint density at radius 3 is 2.62 bits per heavy atom. The quantitative estimate of drug-likeness (QED) is 0.797. The van der Waals surface area contributed by atoms with Crippen molar-refractivity contribution in [3.05, 3.63) is 30.3 Å². The van der Waals surface area contributed by atoms with Gasteiger partial charge in [0.05, 0.1) is 12.5 Å². The highest BCUT2D eigenvalue weighted by atomic mass is 16.5. The van der Waals surface area contributed by atoms with Crippen molar-refractivity contribution in [2.24, 2.45) is 0 Å². The number of likely N-dealkylation sites (N-methyl/N-ethyl adjacent to an activating group) is 1. The molecule has 3 rings (SSSR count). The summed E-state index contributed by atoms with van der Waals surface area (Å²) in [6.07, 6.45) is 2.81. The van der Waals surface area contributed by atoms with E-state index in [2.05, 4.69) is 40.1 Å². The van der Waals surface area contributed by atoms with E-state index in [1.807, 2.05) is 11.9 Å². The number of benzene rings is 1. The third-order valence-electron chi connectivity index (χ3n) is 5.10. The molecule has 5 nitrogen and oxygen atoms in total. The van der Waals surface area contributed by atoms with Gasteiger partial charge >= 0.3 is 0 Å². The number of para-hydroxylation sites is 1. The van der Waals surface area contributed by atoms with E-state index in [-0.39, 0.29) is 12.0 Å². The summed E-state index contributed by atoms with van der Waals surface area (Å²) in [5.74, 6) is 0.213. The summed E-state index contributed by atoms with van der Waals surface area (Å²) >= 11 is 0. The summed E-state index contributed by atoms with van der Waals surface area (Å²) < 4.78 is 5.56. The fourth-order valence-corrected chi connectivity index (χ4v) is 3.44. The summed E-state index contributed by atoms with van der Waals surface area (Å²) in [5.41, 5.74) is 1.31. The number of piperazine rings is 1. The monoisotopic (exact) mass is 331 g/mol. The van der Waals surface area contributed by atoms with Crippen molar-refractivity contribution < 1.29 is 9.53 Å². The molecule has 2 aliphatic heterocycles. The Kier molecular flexibility index (Phi) is 6.10. The molecule has 2 fully saturated rings. The predicted molar refractivity (Wildman–Crippen MR) is 96.3 cm³/mol. The topological polar surface area (TPSA) is 36.0 Å². The zero-order valence-corrected chi connectivity index (χ0v) is 14.7. The van der Waals surface area contributed by atoms with Gasteiger partial charge in [-0.15, -0.1) is 0 Å². The minimum Gasteiger partial charge on any atom is -0.378 e. The minimum absolute atomic E-state index is 0.148. The van der Waals surface area contributed by atoms with E-state index in [9.17, 15) is 4.79 Å². The van der Waals surface area contributed by atoms with Crippen molar-refractivity contribution in [1.29, 1.82) is 0 Å². The summed E-state index contributed by atoms with van der Waals surface area (Å²) in [7, 11) is 1.91. The highest BCUT2D eigenvalue weighted by Gasteiger charge is 2.22. The van der Waals surface area contributed by atoms with Gasteiger partial charge in [0, 0.05) is 58.6 Å². The summed E-state index contributed by atoms with van der Waals surface area (Å²) in [6, 6.07) is 10.6. The molecule has 0 saturated carbocycles. The van der Waals surface area contributed by atoms with E-state index in [0.29, 0.717) is 6.42 Å². The fraction of sp³-hybridized carbons (Fsp3) is 0.632. The Morgan fingerprint density at radius 2 is 1.96 bits per heavy atom. The van der Waals surface area contributed by atoms with Crippen LogP contribution in [0.5, 0.6) is 0 Å². The van der Waals surface area contributed by atoms with Crippen molar-refractivity contribution in [2.75, 3.05) is 57.8 Å². The molecule has 1 amide bonds. The SMILES string of the molecule is CN(CCN1CCN(c2ccccc2)CC1)C(=O)C[C@H]1CCCO1. The first-order valence-electron chi connectivity index (χ1n) is 9.10. The number of nitrogens with zero attached hydrogens (tertiary/aromatic N) is 3. The standard InChI is InChI=1S/C19H29N3O2/c1-20(19(23)16-18-8-5-15-24-18)9-10-21-11-13-22(14-12-21)17-6-3-2-4-7-17/h2-4,6-7,18H,5,8-16H2,1H3/t18-/m1/s1. The van der Waals surface area contributed by atoms with Crippen LogP contribution in [0.25, 0.3) is 0 Å². The van der Waals surface area contributed by atoms with Crippen LogP contribution in [-0.2, 0) is 9.53 Å². The van der Waals surface area contributed by atoms with Gasteiger partial charge in [0.2, 0.25) is 5.91 Å². The van der Waals surface area contributed by atoms with Gasteiger partial charge in [-0.1, -0.05) is 18.2 Å². The van der Waals surface area contributed by atoms with Crippen LogP contribution in [0.2, 0.25) is 0 Å². The molecule has 0 radical (unpaired) electrons. The van der Waals surface area contributed by atoms with Gasteiger partial charge in [-0.05, 0) is 25.0 Å². The number of hydrogen-bond donors (Lipinski definition) is 0. The minimum atomic E-state index is 0.148. The van der Waals surface area contributed by atoms with E-state index in [0.717, 1.165) is 58.7 Å². The Bertz CT molecular complexity index is 509. The molecule has 0 aliphatic carbocycles. The third-order valence-corrected chi connectivity index (χ3v) is 5.10. The Morgan fingerprint density at radius 1 is 1.21 bits per heavy atom. The molecule has 2 aliphatic rings. The second-order valence-corrected chi connectivity index (χ2v) is 6.82. The van der Waals surface area contributed by atoms with Crippen LogP contribution in [0, 0.1) is 0 Å². The van der Waals surface area contributed by atoms with Gasteiger partial charge in [0.1, 0.15) is 0 Å². The first-order valence-corrected chi connectivity index (χ1v) is 9.10. The maximum atomic E-state index is 12.2. The molecule has 5 heteroatoms. The Balaban J connectivity index is 1.36. The molecule has 0 bridgehead atoms. The third kappa shape index (κ3) is 4.71. The largest absolute Gasteiger partial charge is 0.378 e. The molecule has 0 spiro atoms. The number of rotatable bonds is 6. The van der Waals surface area contributed by atoms with Crippen LogP contribution in [0.15, 0.2) is 30.3 Å². The van der Waals surface area contributed by atoms with Gasteiger partial charge in [-0.25, -0.2) is 0 Å². The molecular weight excluding hydrogens is 302 g/mol. The maximum Gasteiger partial charge on any atom is 0.224 e. The van der Waals surface area contributed by atoms with E-state index in [4.69, 9.17) is 4.74 Å². The van der Waals surface area contributed by atoms with E-state index in [1.165, 1.54) is 5.69 Å². The van der Waals surface area contributed by atoms with Crippen LogP contribution in [0.4, 0.5) is 5.69 Å². The highest BCUT2D eigenvalue weighted by molar-refractivity contribution is 5.76. The number of amides is 1. The van der Waals surface area contributed by atoms with Crippen LogP contribution in [0.3, 0.4) is 0 Å². The smallest absolute Gasteiger partial charge is 0.224 e. The lowest BCUT2D eigenvalue weighted by molar-refractivity contribution is -0.132. The van der Waals surface area contributed by atoms with Gasteiger partial charge in [-0.2, -0.15) is 0 Å². The van der Waals surface area contributed by atoms with Crippen molar-refractivity contribution in [3.8, 4) is 0 Å². The van der Waals surface area contributed by atoms with Crippen molar-refractivity contribution in [2.45, 2.75) is 25.4 Å². The molecule has 2 heterocycles. The molecular formula is C19H29N3O2. The average molecular weight is 331 g/mol. The molecule has 1 aromatic carbocycles. The number of carbonyl (C=O) groups excluding carboxylic acids is 1. The second kappa shape index (κ2) is 8.49. The van der Waals surface area contributed by atoms with Crippen molar-refractivity contribution in [3.63, 3.8) is 0 Å². The van der Waals surface area contributed by atoms with Crippen molar-refractivity contribution >= 4 is 11.6 Å². The Hall–Kier alpha value is -1.59. The lowest BCUT2D eigenvalue weighted by Gasteiger charge is -2.36. The molecule has 24 heavy (non-hydrogen) atoms. The summed E-state index contributed by atoms with van der Waals surface area (Å²) in [6.45, 7) is 6.79. The highest BCUT2D eigenvalue weighted by Crippen LogP contribution is 2.17. The van der Waals surface area contributed by atoms with Crippen molar-refractivity contribution in [1.82, 2.24) is 9.80 Å². The first-order chi connectivity index (χ1) is 11.7. The van der Waals surface area contributed by atoms with E-state index >= 15 is 0 Å². The van der Waals surface area contributed by atoms with Crippen LogP contribution in [-0.4, -0.2) is 74.7 Å². The molecule has 1 atom stereocenters. The average Bonchev–Trinajstić information content (AvgIpc) is 3.14. The summed E-state index contributed by atoms with van der Waals surface area (Å²) in [4.78, 5) is 19.0. The molecule has 0 N–H and O–H groups in total.